The number of carbonyl (C=O) groups is 1. The van der Waals surface area contributed by atoms with E-state index in [0.717, 1.165) is 0 Å². The highest BCUT2D eigenvalue weighted by Gasteiger charge is 2.09. The molecule has 0 saturated carbocycles. The van der Waals surface area contributed by atoms with Crippen LogP contribution in [0.4, 0.5) is 0 Å². The molecule has 1 rings (SSSR count). The van der Waals surface area contributed by atoms with Crippen molar-refractivity contribution in [3.05, 3.63) is 23.8 Å². The summed E-state index contributed by atoms with van der Waals surface area (Å²) in [6.45, 7) is 4.59. The van der Waals surface area contributed by atoms with Crippen LogP contribution in [0.1, 0.15) is 24.2 Å². The third-order valence-electron chi connectivity index (χ3n) is 2.55. The van der Waals surface area contributed by atoms with Crippen LogP contribution in [0.15, 0.2) is 18.2 Å². The van der Waals surface area contributed by atoms with E-state index in [1.165, 1.54) is 14.2 Å². The number of hydrogen-bond donors (Lipinski definition) is 0. The summed E-state index contributed by atoms with van der Waals surface area (Å²) in [7, 11) is 3.05. The van der Waals surface area contributed by atoms with Crippen LogP contribution in [0.2, 0.25) is 0 Å². The van der Waals surface area contributed by atoms with E-state index in [2.05, 4.69) is 11.8 Å². The minimum Gasteiger partial charge on any atom is -0.497 e. The number of methoxy groups -OCH3 is 2. The van der Waals surface area contributed by atoms with E-state index in [1.807, 2.05) is 13.8 Å². The molecule has 0 aromatic heterocycles. The number of ketones is 1. The topological polar surface area (TPSA) is 54.0 Å². The maximum absolute atomic E-state index is 12.1. The van der Waals surface area contributed by atoms with Crippen LogP contribution < -0.4 is 9.47 Å². The third kappa shape index (κ3) is 5.46. The summed E-state index contributed by atoms with van der Waals surface area (Å²) in [5, 5.41) is 0. The predicted octanol–water partition coefficient (Wildman–Crippen LogP) is 2.29. The molecule has 0 fully saturated rings. The Morgan fingerprint density at radius 3 is 2.00 bits per heavy atom. The van der Waals surface area contributed by atoms with Crippen molar-refractivity contribution in [3.8, 4) is 23.3 Å². The van der Waals surface area contributed by atoms with Gasteiger partial charge >= 0.3 is 0 Å². The molecule has 0 heterocycles. The number of hydrogen-bond acceptors (Lipinski definition) is 5. The van der Waals surface area contributed by atoms with Crippen molar-refractivity contribution in [1.82, 2.24) is 0 Å². The SMILES string of the molecule is CCOC(C#CC(=O)c1cc(OC)cc(OC)c1)OCC. The fourth-order valence-electron chi connectivity index (χ4n) is 1.57. The first-order valence-electron chi connectivity index (χ1n) is 6.66. The van der Waals surface area contributed by atoms with Crippen LogP contribution in [-0.2, 0) is 9.47 Å². The highest BCUT2D eigenvalue weighted by atomic mass is 16.7. The molecule has 0 atom stereocenters. The first kappa shape index (κ1) is 17.0. The van der Waals surface area contributed by atoms with Crippen molar-refractivity contribution < 1.29 is 23.7 Å². The average molecular weight is 292 g/mol. The van der Waals surface area contributed by atoms with Crippen molar-refractivity contribution in [2.45, 2.75) is 20.1 Å². The molecule has 0 aliphatic heterocycles. The second kappa shape index (κ2) is 9.01. The largest absolute Gasteiger partial charge is 0.497 e. The van der Waals surface area contributed by atoms with Crippen LogP contribution >= 0.6 is 0 Å². The van der Waals surface area contributed by atoms with Crippen molar-refractivity contribution in [3.63, 3.8) is 0 Å². The van der Waals surface area contributed by atoms with Crippen molar-refractivity contribution in [1.29, 1.82) is 0 Å². The lowest BCUT2D eigenvalue weighted by molar-refractivity contribution is -0.0970. The minimum absolute atomic E-state index is 0.350. The van der Waals surface area contributed by atoms with Crippen molar-refractivity contribution >= 4 is 5.78 Å². The van der Waals surface area contributed by atoms with Crippen LogP contribution in [0.5, 0.6) is 11.5 Å². The lowest BCUT2D eigenvalue weighted by atomic mass is 10.1. The summed E-state index contributed by atoms with van der Waals surface area (Å²) in [5.41, 5.74) is 0.394. The summed E-state index contributed by atoms with van der Waals surface area (Å²) in [6, 6.07) is 4.90. The monoisotopic (exact) mass is 292 g/mol. The zero-order valence-corrected chi connectivity index (χ0v) is 12.8. The Balaban J connectivity index is 2.93. The van der Waals surface area contributed by atoms with Crippen LogP contribution in [0.3, 0.4) is 0 Å². The fraction of sp³-hybridized carbons (Fsp3) is 0.438. The van der Waals surface area contributed by atoms with E-state index >= 15 is 0 Å². The van der Waals surface area contributed by atoms with Gasteiger partial charge in [-0.1, -0.05) is 0 Å². The van der Waals surface area contributed by atoms with E-state index in [0.29, 0.717) is 30.3 Å². The van der Waals surface area contributed by atoms with Gasteiger partial charge in [0, 0.05) is 24.8 Å². The van der Waals surface area contributed by atoms with Crippen molar-refractivity contribution in [2.24, 2.45) is 0 Å². The molecule has 1 aromatic carbocycles. The van der Waals surface area contributed by atoms with Gasteiger partial charge in [-0.15, -0.1) is 0 Å². The molecule has 0 N–H and O–H groups in total. The Morgan fingerprint density at radius 1 is 1.05 bits per heavy atom. The van der Waals surface area contributed by atoms with Gasteiger partial charge < -0.3 is 18.9 Å². The molecule has 0 bridgehead atoms. The number of ether oxygens (including phenoxy) is 4. The lowest BCUT2D eigenvalue weighted by Gasteiger charge is -2.09. The Bertz CT molecular complexity index is 499. The highest BCUT2D eigenvalue weighted by Crippen LogP contribution is 2.22. The van der Waals surface area contributed by atoms with Gasteiger partial charge in [-0.05, 0) is 37.8 Å². The van der Waals surface area contributed by atoms with Gasteiger partial charge in [0.2, 0.25) is 12.1 Å². The first-order valence-corrected chi connectivity index (χ1v) is 6.66. The van der Waals surface area contributed by atoms with E-state index in [1.54, 1.807) is 18.2 Å². The van der Waals surface area contributed by atoms with Gasteiger partial charge in [0.15, 0.2) is 0 Å². The van der Waals surface area contributed by atoms with Crippen LogP contribution in [0.25, 0.3) is 0 Å². The predicted molar refractivity (Wildman–Crippen MR) is 78.7 cm³/mol. The molecule has 0 unspecified atom stereocenters. The van der Waals surface area contributed by atoms with E-state index < -0.39 is 6.29 Å². The van der Waals surface area contributed by atoms with Crippen LogP contribution in [0, 0.1) is 11.8 Å². The first-order chi connectivity index (χ1) is 10.1. The van der Waals surface area contributed by atoms with E-state index in [4.69, 9.17) is 18.9 Å². The van der Waals surface area contributed by atoms with E-state index in [-0.39, 0.29) is 5.78 Å². The van der Waals surface area contributed by atoms with Crippen LogP contribution in [-0.4, -0.2) is 39.5 Å². The second-order valence-electron chi connectivity index (χ2n) is 3.94. The van der Waals surface area contributed by atoms with Gasteiger partial charge in [0.1, 0.15) is 11.5 Å². The Morgan fingerprint density at radius 2 is 1.57 bits per heavy atom. The van der Waals surface area contributed by atoms with Gasteiger partial charge in [0.05, 0.1) is 14.2 Å². The van der Waals surface area contributed by atoms with Gasteiger partial charge in [0.25, 0.3) is 0 Å². The molecule has 0 aliphatic rings. The zero-order chi connectivity index (χ0) is 15.7. The third-order valence-corrected chi connectivity index (χ3v) is 2.55. The quantitative estimate of drug-likeness (QED) is 0.334. The van der Waals surface area contributed by atoms with E-state index in [9.17, 15) is 4.79 Å². The molecule has 21 heavy (non-hydrogen) atoms. The summed E-state index contributed by atoms with van der Waals surface area (Å²) in [6.07, 6.45) is -0.698. The molecule has 0 radical (unpaired) electrons. The Kier molecular flexibility index (Phi) is 7.30. The number of carbonyl (C=O) groups excluding carboxylic acids is 1. The van der Waals surface area contributed by atoms with Crippen molar-refractivity contribution in [2.75, 3.05) is 27.4 Å². The molecule has 1 aromatic rings. The molecule has 0 amide bonds. The van der Waals surface area contributed by atoms with Gasteiger partial charge in [-0.25, -0.2) is 0 Å². The lowest BCUT2D eigenvalue weighted by Crippen LogP contribution is -2.15. The molecule has 5 heteroatoms. The smallest absolute Gasteiger partial charge is 0.236 e. The summed E-state index contributed by atoms with van der Waals surface area (Å²) in [5.74, 6) is 5.91. The number of benzene rings is 1. The molecular weight excluding hydrogens is 272 g/mol. The molecule has 0 aliphatic carbocycles. The molecule has 0 spiro atoms. The maximum Gasteiger partial charge on any atom is 0.236 e. The summed E-state index contributed by atoms with van der Waals surface area (Å²) >= 11 is 0. The van der Waals surface area contributed by atoms with Gasteiger partial charge in [-0.2, -0.15) is 0 Å². The number of Topliss-reactive ketones (excluding diaryl/α,β-unsaturated/α-hetero) is 1. The molecular formula is C16H20O5. The Hall–Kier alpha value is -2.03. The normalized spacial score (nSPS) is 9.95. The average Bonchev–Trinajstić information content (AvgIpc) is 2.52. The highest BCUT2D eigenvalue weighted by molar-refractivity contribution is 6.09. The Labute approximate surface area is 125 Å². The fourth-order valence-corrected chi connectivity index (χ4v) is 1.57. The second-order valence-corrected chi connectivity index (χ2v) is 3.94. The summed E-state index contributed by atoms with van der Waals surface area (Å²) < 4.78 is 20.8. The van der Waals surface area contributed by atoms with Gasteiger partial charge in [-0.3, -0.25) is 4.79 Å². The molecule has 5 nitrogen and oxygen atoms in total. The number of rotatable bonds is 7. The molecule has 114 valence electrons. The standard InChI is InChI=1S/C16H20O5/c1-5-20-16(21-6-2)8-7-15(17)12-9-13(18-3)11-14(10-12)19-4/h9-11,16H,5-6H2,1-4H3. The summed E-state index contributed by atoms with van der Waals surface area (Å²) in [4.78, 5) is 12.1. The maximum atomic E-state index is 12.1. The zero-order valence-electron chi connectivity index (χ0n) is 12.8. The minimum atomic E-state index is -0.698. The molecule has 0 saturated heterocycles.